The van der Waals surface area contributed by atoms with Crippen LogP contribution in [0, 0.1) is 11.8 Å². The lowest BCUT2D eigenvalue weighted by Crippen LogP contribution is -2.53. The molecule has 0 aromatic heterocycles. The van der Waals surface area contributed by atoms with Gasteiger partial charge in [-0.2, -0.15) is 0 Å². The molecule has 11 nitrogen and oxygen atoms in total. The molecule has 44 heavy (non-hydrogen) atoms. The van der Waals surface area contributed by atoms with Gasteiger partial charge in [-0.25, -0.2) is 4.79 Å². The summed E-state index contributed by atoms with van der Waals surface area (Å²) in [5.41, 5.74) is 0.952. The molecule has 0 bridgehead atoms. The summed E-state index contributed by atoms with van der Waals surface area (Å²) in [6, 6.07) is 9.59. The fraction of sp³-hybridized carbons (Fsp3) is 0.667. The summed E-state index contributed by atoms with van der Waals surface area (Å²) in [4.78, 5) is 66.8. The summed E-state index contributed by atoms with van der Waals surface area (Å²) < 4.78 is 10.5. The number of piperidine rings is 2. The number of nitrogens with one attached hydrogen (secondary N) is 2. The fourth-order valence-electron chi connectivity index (χ4n) is 5.73. The number of likely N-dealkylation sites (tertiary alicyclic amines) is 2. The second-order valence-corrected chi connectivity index (χ2v) is 11.8. The third-order valence-electron chi connectivity index (χ3n) is 8.32. The van der Waals surface area contributed by atoms with Crippen LogP contribution in [-0.4, -0.2) is 78.5 Å². The van der Waals surface area contributed by atoms with Gasteiger partial charge in [-0.1, -0.05) is 50.1 Å². The third kappa shape index (κ3) is 12.2. The Kier molecular flexibility index (Phi) is 15.0. The Hall–Kier alpha value is -3.63. The lowest BCUT2D eigenvalue weighted by atomic mass is 9.91. The molecule has 1 aromatic carbocycles. The first kappa shape index (κ1) is 34.9. The molecule has 2 fully saturated rings. The number of carbonyl (C=O) groups is 5. The van der Waals surface area contributed by atoms with Crippen molar-refractivity contribution in [2.75, 3.05) is 32.8 Å². The Morgan fingerprint density at radius 1 is 0.886 bits per heavy atom. The van der Waals surface area contributed by atoms with Crippen molar-refractivity contribution in [3.63, 3.8) is 0 Å². The van der Waals surface area contributed by atoms with Gasteiger partial charge in [-0.3, -0.25) is 19.2 Å². The quantitative estimate of drug-likeness (QED) is 0.172. The average Bonchev–Trinajstić information content (AvgIpc) is 3.03. The van der Waals surface area contributed by atoms with Crippen LogP contribution in [0.4, 0.5) is 4.79 Å². The molecule has 11 heteroatoms. The summed E-state index contributed by atoms with van der Waals surface area (Å²) in [6.07, 6.45) is 5.79. The van der Waals surface area contributed by atoms with Gasteiger partial charge >= 0.3 is 12.1 Å². The number of unbranched alkanes of at least 4 members (excludes halogenated alkanes) is 2. The predicted molar refractivity (Wildman–Crippen MR) is 165 cm³/mol. The maximum atomic E-state index is 13.2. The van der Waals surface area contributed by atoms with Gasteiger partial charge in [0.05, 0.1) is 18.9 Å². The number of carbonyl (C=O) groups excluding carboxylic acids is 5. The molecule has 2 N–H and O–H groups in total. The van der Waals surface area contributed by atoms with Gasteiger partial charge in [-0.05, 0) is 56.9 Å². The van der Waals surface area contributed by atoms with Crippen LogP contribution in [0.3, 0.4) is 0 Å². The minimum absolute atomic E-state index is 0.0273. The van der Waals surface area contributed by atoms with E-state index in [2.05, 4.69) is 17.6 Å². The molecule has 3 rings (SSSR count). The third-order valence-corrected chi connectivity index (χ3v) is 8.32. The van der Waals surface area contributed by atoms with Gasteiger partial charge in [0.2, 0.25) is 17.7 Å². The minimum atomic E-state index is -0.858. The Bertz CT molecular complexity index is 1080. The Morgan fingerprint density at radius 2 is 1.64 bits per heavy atom. The van der Waals surface area contributed by atoms with E-state index in [-0.39, 0.29) is 43.4 Å². The first-order valence-electron chi connectivity index (χ1n) is 16.3. The summed E-state index contributed by atoms with van der Waals surface area (Å²) in [5, 5.41) is 5.59. The van der Waals surface area contributed by atoms with Crippen molar-refractivity contribution in [2.24, 2.45) is 11.8 Å². The minimum Gasteiger partial charge on any atom is -0.466 e. The molecule has 244 valence electrons. The zero-order valence-electron chi connectivity index (χ0n) is 26.4. The van der Waals surface area contributed by atoms with Gasteiger partial charge in [0.25, 0.3) is 0 Å². The lowest BCUT2D eigenvalue weighted by Gasteiger charge is -2.34. The number of amides is 4. The maximum Gasteiger partial charge on any atom is 0.410 e. The molecule has 2 atom stereocenters. The number of hydrogen-bond acceptors (Lipinski definition) is 7. The molecule has 2 saturated heterocycles. The van der Waals surface area contributed by atoms with Gasteiger partial charge in [0.1, 0.15) is 12.8 Å². The van der Waals surface area contributed by atoms with Crippen LogP contribution in [-0.2, 0) is 35.3 Å². The zero-order valence-corrected chi connectivity index (χ0v) is 26.4. The van der Waals surface area contributed by atoms with E-state index in [1.165, 1.54) is 0 Å². The van der Waals surface area contributed by atoms with Crippen LogP contribution < -0.4 is 10.6 Å². The molecule has 0 saturated carbocycles. The highest BCUT2D eigenvalue weighted by atomic mass is 16.6. The van der Waals surface area contributed by atoms with E-state index < -0.39 is 18.1 Å². The van der Waals surface area contributed by atoms with Crippen LogP contribution in [0.2, 0.25) is 0 Å². The van der Waals surface area contributed by atoms with E-state index in [9.17, 15) is 24.0 Å². The van der Waals surface area contributed by atoms with Crippen molar-refractivity contribution in [1.29, 1.82) is 0 Å². The Morgan fingerprint density at radius 3 is 2.34 bits per heavy atom. The number of rotatable bonds is 15. The SMILES string of the molecule is CCCCCC(=O)N[C@H](CC(=O)OCC)NC(=O)[C@@H]1CCCN(C(=O)CCC2CCN(C(=O)OCc3ccccc3)CC2)C1. The second kappa shape index (κ2) is 18.9. The van der Waals surface area contributed by atoms with Crippen molar-refractivity contribution in [3.05, 3.63) is 35.9 Å². The van der Waals surface area contributed by atoms with Crippen molar-refractivity contribution in [2.45, 2.75) is 97.2 Å². The molecule has 2 aliphatic rings. The zero-order chi connectivity index (χ0) is 31.7. The molecule has 0 unspecified atom stereocenters. The smallest absolute Gasteiger partial charge is 0.410 e. The molecular weight excluding hydrogens is 564 g/mol. The number of ether oxygens (including phenoxy) is 2. The average molecular weight is 615 g/mol. The van der Waals surface area contributed by atoms with E-state index in [1.807, 2.05) is 30.3 Å². The maximum absolute atomic E-state index is 13.2. The van der Waals surface area contributed by atoms with Gasteiger partial charge in [-0.15, -0.1) is 0 Å². The monoisotopic (exact) mass is 614 g/mol. The highest BCUT2D eigenvalue weighted by Gasteiger charge is 2.31. The molecular formula is C33H50N4O7. The van der Waals surface area contributed by atoms with Crippen molar-refractivity contribution < 1.29 is 33.4 Å². The van der Waals surface area contributed by atoms with Crippen LogP contribution in [0.15, 0.2) is 30.3 Å². The molecule has 0 spiro atoms. The largest absolute Gasteiger partial charge is 0.466 e. The van der Waals surface area contributed by atoms with Crippen LogP contribution >= 0.6 is 0 Å². The molecule has 4 amide bonds. The number of hydrogen-bond donors (Lipinski definition) is 2. The fourth-order valence-corrected chi connectivity index (χ4v) is 5.73. The van der Waals surface area contributed by atoms with Crippen LogP contribution in [0.5, 0.6) is 0 Å². The lowest BCUT2D eigenvalue weighted by molar-refractivity contribution is -0.144. The van der Waals surface area contributed by atoms with E-state index in [0.717, 1.165) is 44.1 Å². The Labute approximate surface area is 261 Å². The molecule has 0 radical (unpaired) electrons. The highest BCUT2D eigenvalue weighted by molar-refractivity contribution is 5.83. The highest BCUT2D eigenvalue weighted by Crippen LogP contribution is 2.24. The van der Waals surface area contributed by atoms with E-state index >= 15 is 0 Å². The first-order valence-corrected chi connectivity index (χ1v) is 16.3. The van der Waals surface area contributed by atoms with Gasteiger partial charge < -0.3 is 29.9 Å². The number of benzene rings is 1. The summed E-state index contributed by atoms with van der Waals surface area (Å²) >= 11 is 0. The van der Waals surface area contributed by atoms with Crippen molar-refractivity contribution >= 4 is 29.8 Å². The van der Waals surface area contributed by atoms with Crippen LogP contribution in [0.1, 0.15) is 90.0 Å². The topological polar surface area (TPSA) is 134 Å². The first-order chi connectivity index (χ1) is 21.3. The summed E-state index contributed by atoms with van der Waals surface area (Å²) in [5.74, 6) is -1.03. The number of nitrogens with zero attached hydrogens (tertiary/aromatic N) is 2. The number of esters is 1. The molecule has 2 aliphatic heterocycles. The van der Waals surface area contributed by atoms with Gasteiger partial charge in [0, 0.05) is 39.0 Å². The predicted octanol–water partition coefficient (Wildman–Crippen LogP) is 4.15. The summed E-state index contributed by atoms with van der Waals surface area (Å²) in [7, 11) is 0. The molecule has 1 aromatic rings. The second-order valence-electron chi connectivity index (χ2n) is 11.8. The van der Waals surface area contributed by atoms with Crippen molar-refractivity contribution in [1.82, 2.24) is 20.4 Å². The van der Waals surface area contributed by atoms with Gasteiger partial charge in [0.15, 0.2) is 0 Å². The van der Waals surface area contributed by atoms with Crippen LogP contribution in [0.25, 0.3) is 0 Å². The van der Waals surface area contributed by atoms with E-state index in [1.54, 1.807) is 16.7 Å². The van der Waals surface area contributed by atoms with E-state index in [4.69, 9.17) is 9.47 Å². The Balaban J connectivity index is 1.41. The van der Waals surface area contributed by atoms with Crippen molar-refractivity contribution in [3.8, 4) is 0 Å². The molecule has 0 aliphatic carbocycles. The summed E-state index contributed by atoms with van der Waals surface area (Å²) in [6.45, 7) is 6.36. The normalized spacial score (nSPS) is 17.8. The molecule has 2 heterocycles. The van der Waals surface area contributed by atoms with E-state index in [0.29, 0.717) is 57.8 Å². The standard InChI is InChI=1S/C33H50N4O7/c1-3-5-7-14-29(38)34-28(22-31(40)43-4-2)35-32(41)27-13-10-19-37(23-27)30(39)16-15-25-17-20-36(21-18-25)33(42)44-24-26-11-8-6-9-12-26/h6,8-9,11-12,25,27-28H,3-5,7,10,13-24H2,1-2H3,(H,34,38)(H,35,41)/t27-,28+/m1/s1.